The van der Waals surface area contributed by atoms with E-state index < -0.39 is 5.60 Å². The number of nitrogens with one attached hydrogen (secondary N) is 1. The number of likely N-dealkylation sites (tertiary alicyclic amines) is 1. The maximum Gasteiger partial charge on any atom is 0.0869 e. The van der Waals surface area contributed by atoms with Gasteiger partial charge in [-0.2, -0.15) is 0 Å². The Balaban J connectivity index is 2.28. The summed E-state index contributed by atoms with van der Waals surface area (Å²) in [6.45, 7) is 10.5. The van der Waals surface area contributed by atoms with Gasteiger partial charge in [-0.05, 0) is 25.8 Å². The molecular weight excluding hydrogens is 216 g/mol. The molecule has 0 aromatic rings. The summed E-state index contributed by atoms with van der Waals surface area (Å²) in [5.41, 5.74) is -0.647. The second-order valence-corrected chi connectivity index (χ2v) is 5.88. The van der Waals surface area contributed by atoms with E-state index in [2.05, 4.69) is 24.1 Å². The first-order chi connectivity index (χ1) is 7.93. The lowest BCUT2D eigenvalue weighted by Gasteiger charge is -2.30. The Morgan fingerprint density at radius 3 is 2.82 bits per heavy atom. The van der Waals surface area contributed by atoms with Crippen LogP contribution < -0.4 is 5.32 Å². The zero-order valence-corrected chi connectivity index (χ0v) is 11.7. The van der Waals surface area contributed by atoms with E-state index in [1.807, 2.05) is 6.92 Å². The number of rotatable bonds is 7. The Bertz CT molecular complexity index is 219. The molecule has 2 atom stereocenters. The van der Waals surface area contributed by atoms with Crippen LogP contribution in [0, 0.1) is 5.92 Å². The SMILES string of the molecule is COCC1CCN(CC(C)(O)CNC(C)C)C1. The van der Waals surface area contributed by atoms with Crippen LogP contribution in [0.5, 0.6) is 0 Å². The van der Waals surface area contributed by atoms with E-state index in [0.29, 0.717) is 18.5 Å². The predicted molar refractivity (Wildman–Crippen MR) is 70.2 cm³/mol. The van der Waals surface area contributed by atoms with Crippen molar-refractivity contribution in [3.63, 3.8) is 0 Å². The Morgan fingerprint density at radius 1 is 1.53 bits per heavy atom. The second-order valence-electron chi connectivity index (χ2n) is 5.88. The van der Waals surface area contributed by atoms with Crippen molar-refractivity contribution in [1.82, 2.24) is 10.2 Å². The molecule has 2 unspecified atom stereocenters. The van der Waals surface area contributed by atoms with Crippen LogP contribution >= 0.6 is 0 Å². The van der Waals surface area contributed by atoms with Gasteiger partial charge in [0.2, 0.25) is 0 Å². The lowest BCUT2D eigenvalue weighted by atomic mass is 10.1. The molecule has 2 N–H and O–H groups in total. The summed E-state index contributed by atoms with van der Waals surface area (Å²) in [6, 6.07) is 0.418. The van der Waals surface area contributed by atoms with Crippen molar-refractivity contribution in [3.05, 3.63) is 0 Å². The molecule has 1 fully saturated rings. The first kappa shape index (κ1) is 14.9. The summed E-state index contributed by atoms with van der Waals surface area (Å²) >= 11 is 0. The normalized spacial score (nSPS) is 25.4. The van der Waals surface area contributed by atoms with Crippen LogP contribution in [-0.2, 0) is 4.74 Å². The van der Waals surface area contributed by atoms with Crippen LogP contribution in [0.2, 0.25) is 0 Å². The van der Waals surface area contributed by atoms with Crippen LogP contribution in [-0.4, -0.2) is 61.5 Å². The van der Waals surface area contributed by atoms with E-state index in [1.165, 1.54) is 6.42 Å². The van der Waals surface area contributed by atoms with E-state index in [9.17, 15) is 5.11 Å². The number of hydrogen-bond donors (Lipinski definition) is 2. The highest BCUT2D eigenvalue weighted by atomic mass is 16.5. The Kier molecular flexibility index (Phi) is 5.86. The fourth-order valence-electron chi connectivity index (χ4n) is 2.39. The van der Waals surface area contributed by atoms with Crippen LogP contribution in [0.15, 0.2) is 0 Å². The van der Waals surface area contributed by atoms with Gasteiger partial charge in [0.15, 0.2) is 0 Å². The van der Waals surface area contributed by atoms with E-state index >= 15 is 0 Å². The van der Waals surface area contributed by atoms with Crippen molar-refractivity contribution in [2.24, 2.45) is 5.92 Å². The van der Waals surface area contributed by atoms with Gasteiger partial charge >= 0.3 is 0 Å². The van der Waals surface area contributed by atoms with Crippen LogP contribution in [0.1, 0.15) is 27.2 Å². The third-order valence-corrected chi connectivity index (χ3v) is 3.23. The lowest BCUT2D eigenvalue weighted by molar-refractivity contribution is 0.0231. The van der Waals surface area contributed by atoms with Crippen molar-refractivity contribution < 1.29 is 9.84 Å². The number of hydrogen-bond acceptors (Lipinski definition) is 4. The van der Waals surface area contributed by atoms with Gasteiger partial charge in [0.25, 0.3) is 0 Å². The van der Waals surface area contributed by atoms with Gasteiger partial charge in [-0.15, -0.1) is 0 Å². The summed E-state index contributed by atoms with van der Waals surface area (Å²) in [5.74, 6) is 0.633. The number of ether oxygens (including phenoxy) is 1. The first-order valence-corrected chi connectivity index (χ1v) is 6.60. The van der Waals surface area contributed by atoms with Gasteiger partial charge in [-0.25, -0.2) is 0 Å². The van der Waals surface area contributed by atoms with Gasteiger partial charge in [0.05, 0.1) is 12.2 Å². The summed E-state index contributed by atoms with van der Waals surface area (Å²) < 4.78 is 5.18. The second kappa shape index (κ2) is 6.69. The van der Waals surface area contributed by atoms with Gasteiger partial charge in [-0.1, -0.05) is 13.8 Å². The summed E-state index contributed by atoms with van der Waals surface area (Å²) in [5, 5.41) is 13.6. The molecule has 102 valence electrons. The molecule has 4 nitrogen and oxygen atoms in total. The van der Waals surface area contributed by atoms with Crippen molar-refractivity contribution in [2.75, 3.05) is 39.9 Å². The van der Waals surface area contributed by atoms with Crippen molar-refractivity contribution in [2.45, 2.75) is 38.8 Å². The quantitative estimate of drug-likeness (QED) is 0.692. The summed E-state index contributed by atoms with van der Waals surface area (Å²) in [7, 11) is 1.76. The third kappa shape index (κ3) is 5.82. The summed E-state index contributed by atoms with van der Waals surface area (Å²) in [6.07, 6.45) is 1.18. The third-order valence-electron chi connectivity index (χ3n) is 3.23. The van der Waals surface area contributed by atoms with Crippen molar-refractivity contribution >= 4 is 0 Å². The van der Waals surface area contributed by atoms with E-state index in [0.717, 1.165) is 26.2 Å². The zero-order valence-electron chi connectivity index (χ0n) is 11.7. The van der Waals surface area contributed by atoms with E-state index in [4.69, 9.17) is 4.74 Å². The molecule has 0 aromatic carbocycles. The molecule has 0 aromatic heterocycles. The fourth-order valence-corrected chi connectivity index (χ4v) is 2.39. The number of aliphatic hydroxyl groups is 1. The highest BCUT2D eigenvalue weighted by Gasteiger charge is 2.29. The minimum atomic E-state index is -0.647. The molecule has 1 aliphatic heterocycles. The molecule has 0 spiro atoms. The van der Waals surface area contributed by atoms with Crippen LogP contribution in [0.3, 0.4) is 0 Å². The molecule has 4 heteroatoms. The van der Waals surface area contributed by atoms with Gasteiger partial charge in [-0.3, -0.25) is 0 Å². The smallest absolute Gasteiger partial charge is 0.0869 e. The number of methoxy groups -OCH3 is 1. The molecule has 1 heterocycles. The van der Waals surface area contributed by atoms with Crippen molar-refractivity contribution in [1.29, 1.82) is 0 Å². The average molecular weight is 244 g/mol. The summed E-state index contributed by atoms with van der Waals surface area (Å²) in [4.78, 5) is 2.34. The topological polar surface area (TPSA) is 44.7 Å². The van der Waals surface area contributed by atoms with Gasteiger partial charge < -0.3 is 20.1 Å². The Hall–Kier alpha value is -0.160. The average Bonchev–Trinajstić information content (AvgIpc) is 2.63. The maximum atomic E-state index is 10.3. The Labute approximate surface area is 105 Å². The van der Waals surface area contributed by atoms with Crippen LogP contribution in [0.4, 0.5) is 0 Å². The molecular formula is C13H28N2O2. The minimum Gasteiger partial charge on any atom is -0.388 e. The largest absolute Gasteiger partial charge is 0.388 e. The van der Waals surface area contributed by atoms with Crippen molar-refractivity contribution in [3.8, 4) is 0 Å². The molecule has 0 saturated carbocycles. The molecule has 0 radical (unpaired) electrons. The standard InChI is InChI=1S/C13H28N2O2/c1-11(2)14-9-13(3,16)10-15-6-5-12(7-15)8-17-4/h11-12,14,16H,5-10H2,1-4H3. The minimum absolute atomic E-state index is 0.418. The Morgan fingerprint density at radius 2 is 2.24 bits per heavy atom. The molecule has 1 saturated heterocycles. The highest BCUT2D eigenvalue weighted by molar-refractivity contribution is 4.85. The predicted octanol–water partition coefficient (Wildman–Crippen LogP) is 0.704. The van der Waals surface area contributed by atoms with E-state index in [1.54, 1.807) is 7.11 Å². The van der Waals surface area contributed by atoms with Crippen LogP contribution in [0.25, 0.3) is 0 Å². The molecule has 0 amide bonds. The highest BCUT2D eigenvalue weighted by Crippen LogP contribution is 2.18. The van der Waals surface area contributed by atoms with Gasteiger partial charge in [0, 0.05) is 32.8 Å². The molecule has 0 aliphatic carbocycles. The number of nitrogens with zero attached hydrogens (tertiary/aromatic N) is 1. The monoisotopic (exact) mass is 244 g/mol. The first-order valence-electron chi connectivity index (χ1n) is 6.60. The zero-order chi connectivity index (χ0) is 12.9. The lowest BCUT2D eigenvalue weighted by Crippen LogP contribution is -2.48. The molecule has 17 heavy (non-hydrogen) atoms. The fraction of sp³-hybridized carbons (Fsp3) is 1.00. The molecule has 1 rings (SSSR count). The molecule has 0 bridgehead atoms. The van der Waals surface area contributed by atoms with E-state index in [-0.39, 0.29) is 0 Å². The number of β-amino-alcohol motifs (C(OH)–C–C–N with tert-alkyl or cyclic N) is 1. The van der Waals surface area contributed by atoms with Gasteiger partial charge in [0.1, 0.15) is 0 Å². The maximum absolute atomic E-state index is 10.3. The molecule has 1 aliphatic rings.